The Kier molecular flexibility index (Phi) is 7.06. The first kappa shape index (κ1) is 21.7. The van der Waals surface area contributed by atoms with E-state index in [1.807, 2.05) is 0 Å². The van der Waals surface area contributed by atoms with Crippen LogP contribution >= 0.6 is 48.8 Å². The Hall–Kier alpha value is -0.160. The van der Waals surface area contributed by atoms with E-state index >= 15 is 0 Å². The number of rotatable bonds is 8. The smallest absolute Gasteiger partial charge is 0.0187 e. The molecular weight excluding hydrogens is 441 g/mol. The van der Waals surface area contributed by atoms with Crippen LogP contribution in [0.2, 0.25) is 0 Å². The van der Waals surface area contributed by atoms with Crippen molar-refractivity contribution in [1.82, 2.24) is 0 Å². The SMILES string of the molecule is SCc1cccc(CSC2CC3CC2C2CCC(SCc4cccc(CS)c4)C32)c1. The van der Waals surface area contributed by atoms with Crippen LogP contribution in [0.3, 0.4) is 0 Å². The first-order valence-corrected chi connectivity index (χ1v) is 14.7. The minimum absolute atomic E-state index is 0.842. The van der Waals surface area contributed by atoms with Gasteiger partial charge in [0, 0.05) is 33.5 Å². The predicted octanol–water partition coefficient (Wildman–Crippen LogP) is 7.52. The highest BCUT2D eigenvalue weighted by Gasteiger charge is 2.57. The summed E-state index contributed by atoms with van der Waals surface area (Å²) in [4.78, 5) is 0. The molecule has 3 aliphatic carbocycles. The summed E-state index contributed by atoms with van der Waals surface area (Å²) in [6.07, 6.45) is 5.90. The Bertz CT molecular complexity index is 866. The number of thiol groups is 2. The van der Waals surface area contributed by atoms with Gasteiger partial charge in [-0.2, -0.15) is 48.8 Å². The zero-order valence-electron chi connectivity index (χ0n) is 17.5. The quantitative estimate of drug-likeness (QED) is 0.381. The van der Waals surface area contributed by atoms with E-state index in [4.69, 9.17) is 0 Å². The van der Waals surface area contributed by atoms with E-state index in [2.05, 4.69) is 97.3 Å². The number of hydrogen-bond acceptors (Lipinski definition) is 4. The van der Waals surface area contributed by atoms with Gasteiger partial charge >= 0.3 is 0 Å². The topological polar surface area (TPSA) is 0 Å². The molecule has 4 heteroatoms. The van der Waals surface area contributed by atoms with Gasteiger partial charge in [0.25, 0.3) is 0 Å². The molecule has 3 fully saturated rings. The molecule has 0 heterocycles. The molecule has 6 unspecified atom stereocenters. The maximum atomic E-state index is 4.44. The van der Waals surface area contributed by atoms with Crippen molar-refractivity contribution in [2.75, 3.05) is 0 Å². The van der Waals surface area contributed by atoms with Crippen molar-refractivity contribution in [3.8, 4) is 0 Å². The van der Waals surface area contributed by atoms with Crippen molar-refractivity contribution in [1.29, 1.82) is 0 Å². The van der Waals surface area contributed by atoms with Crippen LogP contribution in [-0.4, -0.2) is 10.5 Å². The first-order valence-electron chi connectivity index (χ1n) is 11.4. The molecule has 3 aliphatic rings. The van der Waals surface area contributed by atoms with Crippen molar-refractivity contribution in [3.05, 3.63) is 70.8 Å². The monoisotopic (exact) mass is 472 g/mol. The molecule has 0 nitrogen and oxygen atoms in total. The first-order chi connectivity index (χ1) is 14.7. The average molecular weight is 473 g/mol. The van der Waals surface area contributed by atoms with Gasteiger partial charge in [-0.15, -0.1) is 0 Å². The summed E-state index contributed by atoms with van der Waals surface area (Å²) in [5.74, 6) is 8.01. The van der Waals surface area contributed by atoms with Crippen molar-refractivity contribution < 1.29 is 0 Å². The van der Waals surface area contributed by atoms with Gasteiger partial charge in [0.15, 0.2) is 0 Å². The predicted molar refractivity (Wildman–Crippen MR) is 141 cm³/mol. The molecular formula is C26H32S4. The Morgan fingerprint density at radius 2 is 1.30 bits per heavy atom. The van der Waals surface area contributed by atoms with E-state index in [9.17, 15) is 0 Å². The van der Waals surface area contributed by atoms with Gasteiger partial charge in [-0.1, -0.05) is 48.5 Å². The van der Waals surface area contributed by atoms with E-state index in [0.29, 0.717) is 0 Å². The summed E-state index contributed by atoms with van der Waals surface area (Å²) < 4.78 is 0. The highest BCUT2D eigenvalue weighted by atomic mass is 32.2. The molecule has 0 radical (unpaired) electrons. The van der Waals surface area contributed by atoms with E-state index in [1.165, 1.54) is 59.4 Å². The zero-order chi connectivity index (χ0) is 20.5. The second-order valence-electron chi connectivity index (χ2n) is 9.37. The van der Waals surface area contributed by atoms with Crippen LogP contribution in [-0.2, 0) is 23.0 Å². The molecule has 0 spiro atoms. The van der Waals surface area contributed by atoms with Gasteiger partial charge in [0.05, 0.1) is 0 Å². The van der Waals surface area contributed by atoms with E-state index in [1.54, 1.807) is 0 Å². The van der Waals surface area contributed by atoms with Gasteiger partial charge in [0.1, 0.15) is 0 Å². The summed E-state index contributed by atoms with van der Waals surface area (Å²) in [5, 5.41) is 1.79. The number of benzene rings is 2. The Morgan fingerprint density at radius 1 is 0.700 bits per heavy atom. The molecule has 2 aromatic rings. The van der Waals surface area contributed by atoms with Crippen LogP contribution in [0.25, 0.3) is 0 Å². The summed E-state index contributed by atoms with van der Waals surface area (Å²) in [7, 11) is 0. The number of thioether (sulfide) groups is 2. The lowest BCUT2D eigenvalue weighted by Crippen LogP contribution is -2.30. The summed E-state index contributed by atoms with van der Waals surface area (Å²) >= 11 is 13.4. The third-order valence-electron chi connectivity index (χ3n) is 7.67. The molecule has 30 heavy (non-hydrogen) atoms. The van der Waals surface area contributed by atoms with Crippen molar-refractivity contribution in [2.45, 2.75) is 59.2 Å². The molecule has 2 bridgehead atoms. The standard InChI is InChI=1S/C26H32S4/c27-13-17-3-1-5-19(9-17)15-29-24-8-7-22-23-11-21(26(22)24)12-25(23)30-16-20-6-2-4-18(10-20)14-28/h1-6,9-10,21-28H,7-8,11-16H2. The Balaban J connectivity index is 1.16. The molecule has 0 N–H and O–H groups in total. The highest BCUT2D eigenvalue weighted by molar-refractivity contribution is 7.99. The fourth-order valence-corrected chi connectivity index (χ4v) is 9.89. The zero-order valence-corrected chi connectivity index (χ0v) is 20.9. The van der Waals surface area contributed by atoms with Gasteiger partial charge in [-0.05, 0) is 71.6 Å². The molecule has 2 aromatic carbocycles. The molecule has 0 aromatic heterocycles. The molecule has 0 amide bonds. The van der Waals surface area contributed by atoms with Crippen LogP contribution in [0.5, 0.6) is 0 Å². The largest absolute Gasteiger partial charge is 0.175 e. The van der Waals surface area contributed by atoms with Crippen LogP contribution in [0.4, 0.5) is 0 Å². The lowest BCUT2D eigenvalue weighted by atomic mass is 9.81. The van der Waals surface area contributed by atoms with Crippen LogP contribution < -0.4 is 0 Å². The fourth-order valence-electron chi connectivity index (χ4n) is 6.43. The molecule has 5 rings (SSSR count). The van der Waals surface area contributed by atoms with Crippen molar-refractivity contribution in [2.24, 2.45) is 23.7 Å². The third-order valence-corrected chi connectivity index (χ3v) is 11.3. The Morgan fingerprint density at radius 3 is 1.93 bits per heavy atom. The summed E-state index contributed by atoms with van der Waals surface area (Å²) in [5.41, 5.74) is 5.66. The summed E-state index contributed by atoms with van der Waals surface area (Å²) in [6, 6.07) is 18.1. The third kappa shape index (κ3) is 4.49. The average Bonchev–Trinajstić information content (AvgIpc) is 3.49. The lowest BCUT2D eigenvalue weighted by Gasteiger charge is -2.33. The minimum Gasteiger partial charge on any atom is -0.175 e. The maximum Gasteiger partial charge on any atom is 0.0187 e. The van der Waals surface area contributed by atoms with Gasteiger partial charge in [0.2, 0.25) is 0 Å². The second kappa shape index (κ2) is 9.77. The highest BCUT2D eigenvalue weighted by Crippen LogP contribution is 2.63. The van der Waals surface area contributed by atoms with Gasteiger partial charge < -0.3 is 0 Å². The lowest BCUT2D eigenvalue weighted by molar-refractivity contribution is 0.270. The summed E-state index contributed by atoms with van der Waals surface area (Å²) in [6.45, 7) is 0. The molecule has 160 valence electrons. The van der Waals surface area contributed by atoms with E-state index < -0.39 is 0 Å². The maximum absolute atomic E-state index is 4.44. The Labute approximate surface area is 201 Å². The molecule has 3 saturated carbocycles. The second-order valence-corrected chi connectivity index (χ2v) is 12.5. The van der Waals surface area contributed by atoms with Crippen LogP contribution in [0.1, 0.15) is 47.9 Å². The van der Waals surface area contributed by atoms with Gasteiger partial charge in [-0.3, -0.25) is 0 Å². The van der Waals surface area contributed by atoms with Crippen molar-refractivity contribution in [3.63, 3.8) is 0 Å². The van der Waals surface area contributed by atoms with Gasteiger partial charge in [-0.25, -0.2) is 0 Å². The molecule has 0 saturated heterocycles. The van der Waals surface area contributed by atoms with E-state index in [-0.39, 0.29) is 0 Å². The number of hydrogen-bond donors (Lipinski definition) is 2. The molecule has 0 aliphatic heterocycles. The molecule has 6 atom stereocenters. The van der Waals surface area contributed by atoms with Crippen molar-refractivity contribution >= 4 is 48.8 Å². The van der Waals surface area contributed by atoms with Crippen LogP contribution in [0, 0.1) is 23.7 Å². The number of fused-ring (bicyclic) bond motifs is 5. The normalized spacial score (nSPS) is 31.9. The minimum atomic E-state index is 0.842. The fraction of sp³-hybridized carbons (Fsp3) is 0.538. The van der Waals surface area contributed by atoms with E-state index in [0.717, 1.165) is 45.7 Å². The van der Waals surface area contributed by atoms with Crippen LogP contribution in [0.15, 0.2) is 48.5 Å².